The van der Waals surface area contributed by atoms with Gasteiger partial charge in [-0.3, -0.25) is 14.3 Å². The van der Waals surface area contributed by atoms with Crippen molar-refractivity contribution in [3.63, 3.8) is 0 Å². The van der Waals surface area contributed by atoms with Gasteiger partial charge in [-0.25, -0.2) is 0 Å². The molecule has 0 saturated heterocycles. The van der Waals surface area contributed by atoms with E-state index in [4.69, 9.17) is 0 Å². The van der Waals surface area contributed by atoms with Crippen LogP contribution in [0, 0.1) is 5.92 Å². The third kappa shape index (κ3) is 3.49. The SMILES string of the molecule is COC(=O)CC(=O)c1ccn(CC(C)C)n1. The van der Waals surface area contributed by atoms with Gasteiger partial charge in [0.2, 0.25) is 0 Å². The second-order valence-electron chi connectivity index (χ2n) is 3.99. The highest BCUT2D eigenvalue weighted by Crippen LogP contribution is 2.04. The Labute approximate surface area is 94.4 Å². The van der Waals surface area contributed by atoms with Crippen LogP contribution in [0.25, 0.3) is 0 Å². The fraction of sp³-hybridized carbons (Fsp3) is 0.545. The molecule has 0 aliphatic rings. The maximum Gasteiger partial charge on any atom is 0.313 e. The number of ketones is 1. The van der Waals surface area contributed by atoms with Gasteiger partial charge in [0.15, 0.2) is 5.78 Å². The van der Waals surface area contributed by atoms with Crippen LogP contribution < -0.4 is 0 Å². The zero-order valence-corrected chi connectivity index (χ0v) is 9.77. The van der Waals surface area contributed by atoms with E-state index in [9.17, 15) is 9.59 Å². The Bertz CT molecular complexity index is 382. The molecule has 1 aromatic rings. The average Bonchev–Trinajstić information content (AvgIpc) is 2.65. The zero-order chi connectivity index (χ0) is 12.1. The molecule has 1 rings (SSSR count). The normalized spacial score (nSPS) is 10.5. The summed E-state index contributed by atoms with van der Waals surface area (Å²) in [5.41, 5.74) is 0.311. The number of nitrogens with zero attached hydrogens (tertiary/aromatic N) is 2. The van der Waals surface area contributed by atoms with Crippen LogP contribution in [0.4, 0.5) is 0 Å². The number of hydrogen-bond donors (Lipinski definition) is 0. The molecule has 0 unspecified atom stereocenters. The third-order valence-electron chi connectivity index (χ3n) is 2.01. The van der Waals surface area contributed by atoms with Crippen molar-refractivity contribution in [3.05, 3.63) is 18.0 Å². The minimum Gasteiger partial charge on any atom is -0.469 e. The molecule has 0 fully saturated rings. The van der Waals surface area contributed by atoms with Crippen LogP contribution in [0.2, 0.25) is 0 Å². The minimum atomic E-state index is -0.539. The van der Waals surface area contributed by atoms with E-state index in [0.717, 1.165) is 6.54 Å². The Morgan fingerprint density at radius 2 is 2.19 bits per heavy atom. The lowest BCUT2D eigenvalue weighted by molar-refractivity contribution is -0.139. The van der Waals surface area contributed by atoms with Gasteiger partial charge in [0.1, 0.15) is 12.1 Å². The molecule has 5 nitrogen and oxygen atoms in total. The Kier molecular flexibility index (Phi) is 4.22. The van der Waals surface area contributed by atoms with Crippen molar-refractivity contribution in [2.24, 2.45) is 5.92 Å². The molecule has 0 atom stereocenters. The predicted octanol–water partition coefficient (Wildman–Crippen LogP) is 1.28. The molecule has 0 N–H and O–H groups in total. The van der Waals surface area contributed by atoms with E-state index >= 15 is 0 Å². The number of aromatic nitrogens is 2. The third-order valence-corrected chi connectivity index (χ3v) is 2.01. The quantitative estimate of drug-likeness (QED) is 0.429. The van der Waals surface area contributed by atoms with Crippen molar-refractivity contribution >= 4 is 11.8 Å². The number of methoxy groups -OCH3 is 1. The highest BCUT2D eigenvalue weighted by molar-refractivity contribution is 6.04. The molecule has 0 aliphatic heterocycles. The Morgan fingerprint density at radius 3 is 2.75 bits per heavy atom. The van der Waals surface area contributed by atoms with E-state index in [1.807, 2.05) is 0 Å². The molecule has 5 heteroatoms. The summed E-state index contributed by atoms with van der Waals surface area (Å²) >= 11 is 0. The first-order valence-electron chi connectivity index (χ1n) is 5.16. The van der Waals surface area contributed by atoms with Crippen LogP contribution in [0.3, 0.4) is 0 Å². The van der Waals surface area contributed by atoms with E-state index < -0.39 is 5.97 Å². The summed E-state index contributed by atoms with van der Waals surface area (Å²) in [6.07, 6.45) is 1.49. The number of carbonyl (C=O) groups is 2. The fourth-order valence-corrected chi connectivity index (χ4v) is 1.28. The average molecular weight is 224 g/mol. The summed E-state index contributed by atoms with van der Waals surface area (Å²) in [5, 5.41) is 4.10. The number of ether oxygens (including phenoxy) is 1. The maximum absolute atomic E-state index is 11.5. The van der Waals surface area contributed by atoms with Crippen LogP contribution in [0.5, 0.6) is 0 Å². The van der Waals surface area contributed by atoms with Gasteiger partial charge in [-0.05, 0) is 12.0 Å². The lowest BCUT2D eigenvalue weighted by Gasteiger charge is -2.03. The highest BCUT2D eigenvalue weighted by atomic mass is 16.5. The highest BCUT2D eigenvalue weighted by Gasteiger charge is 2.14. The van der Waals surface area contributed by atoms with Crippen molar-refractivity contribution < 1.29 is 14.3 Å². The Balaban J connectivity index is 2.63. The van der Waals surface area contributed by atoms with Crippen LogP contribution >= 0.6 is 0 Å². The Morgan fingerprint density at radius 1 is 1.50 bits per heavy atom. The second kappa shape index (κ2) is 5.44. The maximum atomic E-state index is 11.5. The van der Waals surface area contributed by atoms with Crippen LogP contribution in [-0.4, -0.2) is 28.6 Å². The summed E-state index contributed by atoms with van der Waals surface area (Å²) in [4.78, 5) is 22.4. The standard InChI is InChI=1S/C11H16N2O3/c1-8(2)7-13-5-4-9(12-13)10(14)6-11(15)16-3/h4-5,8H,6-7H2,1-3H3. The van der Waals surface area contributed by atoms with Crippen LogP contribution in [-0.2, 0) is 16.1 Å². The summed E-state index contributed by atoms with van der Waals surface area (Å²) in [7, 11) is 1.26. The molecule has 1 heterocycles. The van der Waals surface area contributed by atoms with Crippen LogP contribution in [0.15, 0.2) is 12.3 Å². The molecule has 0 aliphatic carbocycles. The monoisotopic (exact) mass is 224 g/mol. The van der Waals surface area contributed by atoms with Crippen molar-refractivity contribution in [1.29, 1.82) is 0 Å². The molecule has 0 bridgehead atoms. The molecular formula is C11H16N2O3. The van der Waals surface area contributed by atoms with Gasteiger partial charge >= 0.3 is 5.97 Å². The summed E-state index contributed by atoms with van der Waals surface area (Å²) in [6.45, 7) is 4.89. The molecule has 0 saturated carbocycles. The first kappa shape index (κ1) is 12.4. The number of Topliss-reactive ketones (excluding diaryl/α,β-unsaturated/α-hetero) is 1. The fourth-order valence-electron chi connectivity index (χ4n) is 1.28. The van der Waals surface area contributed by atoms with Gasteiger partial charge in [0.05, 0.1) is 7.11 Å². The number of esters is 1. The molecule has 0 radical (unpaired) electrons. The van der Waals surface area contributed by atoms with Crippen molar-refractivity contribution in [1.82, 2.24) is 9.78 Å². The Hall–Kier alpha value is -1.65. The van der Waals surface area contributed by atoms with Gasteiger partial charge in [0.25, 0.3) is 0 Å². The number of carbonyl (C=O) groups excluding carboxylic acids is 2. The summed E-state index contributed by atoms with van der Waals surface area (Å²) < 4.78 is 6.12. The van der Waals surface area contributed by atoms with Gasteiger partial charge in [-0.1, -0.05) is 13.8 Å². The van der Waals surface area contributed by atoms with Crippen molar-refractivity contribution in [2.75, 3.05) is 7.11 Å². The molecule has 16 heavy (non-hydrogen) atoms. The van der Waals surface area contributed by atoms with E-state index in [1.54, 1.807) is 16.9 Å². The number of hydrogen-bond acceptors (Lipinski definition) is 4. The van der Waals surface area contributed by atoms with E-state index in [-0.39, 0.29) is 12.2 Å². The molecule has 0 spiro atoms. The smallest absolute Gasteiger partial charge is 0.313 e. The zero-order valence-electron chi connectivity index (χ0n) is 9.77. The predicted molar refractivity (Wildman–Crippen MR) is 58.0 cm³/mol. The van der Waals surface area contributed by atoms with Crippen molar-refractivity contribution in [3.8, 4) is 0 Å². The summed E-state index contributed by atoms with van der Waals surface area (Å²) in [6, 6.07) is 1.62. The lowest BCUT2D eigenvalue weighted by Crippen LogP contribution is -2.11. The molecule has 1 aromatic heterocycles. The topological polar surface area (TPSA) is 61.2 Å². The first-order valence-corrected chi connectivity index (χ1v) is 5.16. The van der Waals surface area contributed by atoms with Gasteiger partial charge < -0.3 is 4.74 Å². The number of rotatable bonds is 5. The van der Waals surface area contributed by atoms with Gasteiger partial charge in [-0.2, -0.15) is 5.10 Å². The second-order valence-corrected chi connectivity index (χ2v) is 3.99. The molecule has 0 amide bonds. The molecular weight excluding hydrogens is 208 g/mol. The minimum absolute atomic E-state index is 0.255. The largest absolute Gasteiger partial charge is 0.469 e. The molecule has 0 aromatic carbocycles. The first-order chi connectivity index (χ1) is 7.52. The van der Waals surface area contributed by atoms with Crippen molar-refractivity contribution in [2.45, 2.75) is 26.8 Å². The molecule has 88 valence electrons. The van der Waals surface area contributed by atoms with Gasteiger partial charge in [0, 0.05) is 12.7 Å². The lowest BCUT2D eigenvalue weighted by atomic mass is 10.2. The van der Waals surface area contributed by atoms with Crippen LogP contribution in [0.1, 0.15) is 30.8 Å². The van der Waals surface area contributed by atoms with E-state index in [1.165, 1.54) is 7.11 Å². The van der Waals surface area contributed by atoms with E-state index in [2.05, 4.69) is 23.7 Å². The van der Waals surface area contributed by atoms with E-state index in [0.29, 0.717) is 11.6 Å². The van der Waals surface area contributed by atoms with Gasteiger partial charge in [-0.15, -0.1) is 0 Å². The summed E-state index contributed by atoms with van der Waals surface area (Å²) in [5.74, 6) is -0.388.